The highest BCUT2D eigenvalue weighted by Gasteiger charge is 2.30. The third-order valence-electron chi connectivity index (χ3n) is 17.5. The minimum absolute atomic E-state index is 0.106. The predicted octanol–water partition coefficient (Wildman–Crippen LogP) is 21.9. The molecule has 558 valence electrons. The molecule has 0 saturated heterocycles. The van der Waals surface area contributed by atoms with Gasteiger partial charge in [0.05, 0.1) is 26.4 Å². The molecular weight excluding hydrogens is 1230 g/mol. The lowest BCUT2D eigenvalue weighted by atomic mass is 10.0. The minimum Gasteiger partial charge on any atom is -0.462 e. The average molecular weight is 1380 g/mol. The maximum Gasteiger partial charge on any atom is 0.472 e. The van der Waals surface area contributed by atoms with Gasteiger partial charge in [0.25, 0.3) is 0 Å². The Hall–Kier alpha value is -1.94. The molecule has 0 aromatic heterocycles. The molecular formula is C75H146O17P2. The second-order valence-corrected chi connectivity index (χ2v) is 30.9. The number of aliphatic hydroxyl groups is 1. The Morgan fingerprint density at radius 3 is 0.723 bits per heavy atom. The van der Waals surface area contributed by atoms with Crippen LogP contribution in [0, 0.1) is 11.8 Å². The van der Waals surface area contributed by atoms with Crippen molar-refractivity contribution in [1.82, 2.24) is 0 Å². The average Bonchev–Trinajstić information content (AvgIpc) is 1.23. The minimum atomic E-state index is -4.96. The SMILES string of the molecule is CCCCCCCCCCCCCCCCCC(=O)OC[C@H](COP(=O)(O)OC[C@@H](O)COP(=O)(O)OC[C@@H](COC(=O)CCCCCCCCCCCCCC)OC(=O)CCCCCCCCCCCC(C)C)OC(=O)CCCCCCCCCCCCCCC(C)C. The summed E-state index contributed by atoms with van der Waals surface area (Å²) in [6, 6.07) is 0. The van der Waals surface area contributed by atoms with Gasteiger partial charge in [0.1, 0.15) is 19.3 Å². The third-order valence-corrected chi connectivity index (χ3v) is 19.4. The zero-order valence-corrected chi connectivity index (χ0v) is 63.1. The van der Waals surface area contributed by atoms with Crippen LogP contribution in [0.1, 0.15) is 388 Å². The Kier molecular flexibility index (Phi) is 65.5. The number of hydrogen-bond donors (Lipinski definition) is 3. The van der Waals surface area contributed by atoms with E-state index in [-0.39, 0.29) is 25.7 Å². The summed E-state index contributed by atoms with van der Waals surface area (Å²) < 4.78 is 68.5. The van der Waals surface area contributed by atoms with Crippen LogP contribution in [-0.4, -0.2) is 96.7 Å². The normalized spacial score (nSPS) is 14.0. The van der Waals surface area contributed by atoms with Crippen molar-refractivity contribution in [3.05, 3.63) is 0 Å². The van der Waals surface area contributed by atoms with Crippen molar-refractivity contribution in [2.24, 2.45) is 11.8 Å². The number of hydrogen-bond acceptors (Lipinski definition) is 15. The first-order valence-corrected chi connectivity index (χ1v) is 42.0. The topological polar surface area (TPSA) is 237 Å². The van der Waals surface area contributed by atoms with Crippen molar-refractivity contribution >= 4 is 39.5 Å². The molecule has 0 rings (SSSR count). The van der Waals surface area contributed by atoms with E-state index in [1.165, 1.54) is 205 Å². The Balaban J connectivity index is 5.26. The fraction of sp³-hybridized carbons (Fsp3) is 0.947. The first kappa shape index (κ1) is 92.1. The van der Waals surface area contributed by atoms with Gasteiger partial charge in [-0.2, -0.15) is 0 Å². The number of phosphoric ester groups is 2. The lowest BCUT2D eigenvalue weighted by molar-refractivity contribution is -0.161. The second-order valence-electron chi connectivity index (χ2n) is 28.0. The van der Waals surface area contributed by atoms with Gasteiger partial charge in [0.2, 0.25) is 0 Å². The van der Waals surface area contributed by atoms with Gasteiger partial charge in [-0.1, -0.05) is 337 Å². The van der Waals surface area contributed by atoms with Gasteiger partial charge in [-0.3, -0.25) is 37.3 Å². The molecule has 5 atom stereocenters. The quantitative estimate of drug-likeness (QED) is 0.0222. The highest BCUT2D eigenvalue weighted by molar-refractivity contribution is 7.47. The molecule has 0 spiro atoms. The number of phosphoric acid groups is 2. The van der Waals surface area contributed by atoms with Crippen molar-refractivity contribution in [3.8, 4) is 0 Å². The second kappa shape index (κ2) is 66.9. The first-order valence-electron chi connectivity index (χ1n) is 39.0. The van der Waals surface area contributed by atoms with Crippen molar-refractivity contribution in [3.63, 3.8) is 0 Å². The van der Waals surface area contributed by atoms with E-state index >= 15 is 0 Å². The van der Waals surface area contributed by atoms with Gasteiger partial charge in [-0.05, 0) is 37.5 Å². The summed E-state index contributed by atoms with van der Waals surface area (Å²) in [5.74, 6) is -0.602. The molecule has 17 nitrogen and oxygen atoms in total. The van der Waals surface area contributed by atoms with E-state index in [9.17, 15) is 43.2 Å². The molecule has 0 fully saturated rings. The summed E-state index contributed by atoms with van der Waals surface area (Å²) in [5.41, 5.74) is 0. The molecule has 0 saturated carbocycles. The molecule has 94 heavy (non-hydrogen) atoms. The maximum atomic E-state index is 13.1. The fourth-order valence-corrected chi connectivity index (χ4v) is 13.1. The van der Waals surface area contributed by atoms with Crippen LogP contribution in [0.2, 0.25) is 0 Å². The zero-order valence-electron chi connectivity index (χ0n) is 61.3. The summed E-state index contributed by atoms with van der Waals surface area (Å²) in [7, 11) is -9.91. The molecule has 0 aromatic rings. The first-order chi connectivity index (χ1) is 45.4. The predicted molar refractivity (Wildman–Crippen MR) is 381 cm³/mol. The Labute approximate surface area is 575 Å². The summed E-state index contributed by atoms with van der Waals surface area (Å²) in [5, 5.41) is 10.6. The van der Waals surface area contributed by atoms with Crippen LogP contribution < -0.4 is 0 Å². The van der Waals surface area contributed by atoms with E-state index in [4.69, 9.17) is 37.0 Å². The molecule has 0 aromatic carbocycles. The Morgan fingerprint density at radius 1 is 0.287 bits per heavy atom. The molecule has 0 aliphatic heterocycles. The van der Waals surface area contributed by atoms with E-state index in [1.807, 2.05) is 0 Å². The van der Waals surface area contributed by atoms with Crippen LogP contribution in [-0.2, 0) is 65.4 Å². The number of carbonyl (C=O) groups is 4. The molecule has 0 radical (unpaired) electrons. The third kappa shape index (κ3) is 68.6. The van der Waals surface area contributed by atoms with Gasteiger partial charge in [0.15, 0.2) is 12.2 Å². The zero-order chi connectivity index (χ0) is 69.3. The number of rotatable bonds is 74. The van der Waals surface area contributed by atoms with E-state index in [0.717, 1.165) is 102 Å². The maximum absolute atomic E-state index is 13.1. The van der Waals surface area contributed by atoms with E-state index < -0.39 is 97.5 Å². The monoisotopic (exact) mass is 1380 g/mol. The smallest absolute Gasteiger partial charge is 0.462 e. The van der Waals surface area contributed by atoms with Gasteiger partial charge >= 0.3 is 39.5 Å². The summed E-state index contributed by atoms with van der Waals surface area (Å²) in [6.07, 6.45) is 54.0. The molecule has 0 amide bonds. The number of ether oxygens (including phenoxy) is 4. The molecule has 0 aliphatic carbocycles. The van der Waals surface area contributed by atoms with Crippen LogP contribution in [0.3, 0.4) is 0 Å². The molecule has 19 heteroatoms. The van der Waals surface area contributed by atoms with E-state index in [2.05, 4.69) is 41.5 Å². The summed E-state index contributed by atoms with van der Waals surface area (Å²) in [4.78, 5) is 72.8. The summed E-state index contributed by atoms with van der Waals surface area (Å²) in [6.45, 7) is 9.58. The standard InChI is InChI=1S/C75H146O17P2/c1-7-9-11-13-15-17-19-21-22-23-28-34-40-46-52-58-73(78)86-63-70(91-74(79)59-53-47-41-35-29-25-24-26-31-37-43-49-55-67(3)4)65-89-93(81,82)87-61-69(76)62-88-94(83,84)90-66-71(92-75(80)60-54-48-42-36-30-32-38-44-50-56-68(5)6)64-85-72(77)57-51-45-39-33-27-20-18-16-14-12-10-8-2/h67-71,76H,7-66H2,1-6H3,(H,81,82)(H,83,84)/t69-,70-,71-/m1/s1. The molecule has 2 unspecified atom stereocenters. The van der Waals surface area contributed by atoms with Crippen molar-refractivity contribution in [2.45, 2.75) is 407 Å². The number of unbranched alkanes of at least 4 members (excludes halogenated alkanes) is 44. The molecule has 3 N–H and O–H groups in total. The van der Waals surface area contributed by atoms with Gasteiger partial charge in [-0.15, -0.1) is 0 Å². The van der Waals surface area contributed by atoms with Crippen LogP contribution >= 0.6 is 15.6 Å². The van der Waals surface area contributed by atoms with Crippen LogP contribution in [0.4, 0.5) is 0 Å². The molecule has 0 bridgehead atoms. The molecule has 0 heterocycles. The van der Waals surface area contributed by atoms with E-state index in [0.29, 0.717) is 25.7 Å². The largest absolute Gasteiger partial charge is 0.472 e. The van der Waals surface area contributed by atoms with Crippen molar-refractivity contribution in [2.75, 3.05) is 39.6 Å². The lowest BCUT2D eigenvalue weighted by Gasteiger charge is -2.21. The lowest BCUT2D eigenvalue weighted by Crippen LogP contribution is -2.30. The van der Waals surface area contributed by atoms with E-state index in [1.54, 1.807) is 0 Å². The fourth-order valence-electron chi connectivity index (χ4n) is 11.5. The van der Waals surface area contributed by atoms with Crippen LogP contribution in [0.5, 0.6) is 0 Å². The molecule has 0 aliphatic rings. The number of aliphatic hydroxyl groups excluding tert-OH is 1. The highest BCUT2D eigenvalue weighted by Crippen LogP contribution is 2.45. The summed E-state index contributed by atoms with van der Waals surface area (Å²) >= 11 is 0. The number of esters is 4. The van der Waals surface area contributed by atoms with Crippen molar-refractivity contribution < 1.29 is 80.2 Å². The Bertz CT molecular complexity index is 1820. The number of carbonyl (C=O) groups excluding carboxylic acids is 4. The van der Waals surface area contributed by atoms with Crippen molar-refractivity contribution in [1.29, 1.82) is 0 Å². The Morgan fingerprint density at radius 2 is 0.489 bits per heavy atom. The van der Waals surface area contributed by atoms with Gasteiger partial charge in [0, 0.05) is 25.7 Å². The van der Waals surface area contributed by atoms with Crippen LogP contribution in [0.25, 0.3) is 0 Å². The van der Waals surface area contributed by atoms with Gasteiger partial charge in [-0.25, -0.2) is 9.13 Å². The van der Waals surface area contributed by atoms with Crippen LogP contribution in [0.15, 0.2) is 0 Å². The van der Waals surface area contributed by atoms with Gasteiger partial charge < -0.3 is 33.8 Å². The highest BCUT2D eigenvalue weighted by atomic mass is 31.2.